The minimum Gasteiger partial charge on any atom is -0.497 e. The summed E-state index contributed by atoms with van der Waals surface area (Å²) in [5.41, 5.74) is -0.368. The average molecular weight is 360 g/mol. The number of ketones is 2. The van der Waals surface area contributed by atoms with Gasteiger partial charge in [0.2, 0.25) is 5.60 Å². The molecule has 3 rings (SSSR count). The van der Waals surface area contributed by atoms with Crippen LogP contribution in [0.4, 0.5) is 0 Å². The number of nitro groups is 1. The van der Waals surface area contributed by atoms with Crippen molar-refractivity contribution in [2.24, 2.45) is 11.1 Å². The molecule has 1 aromatic rings. The summed E-state index contributed by atoms with van der Waals surface area (Å²) in [5.74, 6) is -1.31. The van der Waals surface area contributed by atoms with Gasteiger partial charge in [0, 0.05) is 17.3 Å². The smallest absolute Gasteiger partial charge is 0.295 e. The summed E-state index contributed by atoms with van der Waals surface area (Å²) in [5, 5.41) is 15.4. The molecule has 8 nitrogen and oxygen atoms in total. The number of methoxy groups -OCH3 is 1. The van der Waals surface area contributed by atoms with Crippen molar-refractivity contribution >= 4 is 17.3 Å². The molecule has 0 bridgehead atoms. The molecular weight excluding hydrogens is 340 g/mol. The number of hydrogen-bond acceptors (Lipinski definition) is 7. The summed E-state index contributed by atoms with van der Waals surface area (Å²) >= 11 is 0. The fourth-order valence-electron chi connectivity index (χ4n) is 4.13. The van der Waals surface area contributed by atoms with E-state index < -0.39 is 28.4 Å². The summed E-state index contributed by atoms with van der Waals surface area (Å²) in [4.78, 5) is 41.5. The summed E-state index contributed by atoms with van der Waals surface area (Å²) in [7, 11) is 1.54. The van der Waals surface area contributed by atoms with Gasteiger partial charge in [-0.15, -0.1) is 0 Å². The van der Waals surface area contributed by atoms with Crippen LogP contribution >= 0.6 is 0 Å². The van der Waals surface area contributed by atoms with Gasteiger partial charge >= 0.3 is 0 Å². The predicted molar refractivity (Wildman–Crippen MR) is 91.9 cm³/mol. The van der Waals surface area contributed by atoms with Crippen LogP contribution in [0.3, 0.4) is 0 Å². The Labute approximate surface area is 150 Å². The molecular formula is C18H20N2O6. The zero-order chi connectivity index (χ0) is 19.1. The van der Waals surface area contributed by atoms with Crippen molar-refractivity contribution in [1.82, 2.24) is 0 Å². The van der Waals surface area contributed by atoms with Gasteiger partial charge in [-0.25, -0.2) is 0 Å². The van der Waals surface area contributed by atoms with E-state index in [1.54, 1.807) is 31.4 Å². The van der Waals surface area contributed by atoms with Crippen LogP contribution in [-0.2, 0) is 14.4 Å². The highest BCUT2D eigenvalue weighted by Crippen LogP contribution is 2.47. The Hall–Kier alpha value is -2.77. The number of oxime groups is 1. The van der Waals surface area contributed by atoms with Crippen molar-refractivity contribution in [3.05, 3.63) is 39.9 Å². The number of ether oxygens (including phenoxy) is 1. The standard InChI is InChI=1S/C18H20N2O6/c1-10-17(20(23)24)18(26-19-10)8-14(16(11(2)21)15(22)9-18)12-4-6-13(25-3)7-5-12/h4-7,14,16-17H,8-9H2,1-3H3/t14-,16-,17-,18+/m0/s1. The highest BCUT2D eigenvalue weighted by molar-refractivity contribution is 6.04. The lowest BCUT2D eigenvalue weighted by Crippen LogP contribution is -2.55. The van der Waals surface area contributed by atoms with Crippen molar-refractivity contribution in [1.29, 1.82) is 0 Å². The van der Waals surface area contributed by atoms with Gasteiger partial charge in [-0.2, -0.15) is 0 Å². The molecule has 4 atom stereocenters. The summed E-state index contributed by atoms with van der Waals surface area (Å²) < 4.78 is 5.14. The molecule has 1 aliphatic heterocycles. The fourth-order valence-corrected chi connectivity index (χ4v) is 4.13. The summed E-state index contributed by atoms with van der Waals surface area (Å²) in [6.45, 7) is 2.89. The fraction of sp³-hybridized carbons (Fsp3) is 0.500. The van der Waals surface area contributed by atoms with Crippen LogP contribution < -0.4 is 4.74 Å². The Kier molecular flexibility index (Phi) is 4.52. The Morgan fingerprint density at radius 3 is 2.58 bits per heavy atom. The van der Waals surface area contributed by atoms with Crippen molar-refractivity contribution < 1.29 is 24.1 Å². The first kappa shape index (κ1) is 18.0. The molecule has 1 heterocycles. The maximum absolute atomic E-state index is 12.8. The van der Waals surface area contributed by atoms with Crippen LogP contribution in [0.5, 0.6) is 5.75 Å². The molecule has 0 amide bonds. The molecule has 0 unspecified atom stereocenters. The monoisotopic (exact) mass is 360 g/mol. The van der Waals surface area contributed by atoms with Crippen LogP contribution in [0.1, 0.15) is 38.2 Å². The molecule has 8 heteroatoms. The van der Waals surface area contributed by atoms with E-state index in [0.29, 0.717) is 5.75 Å². The van der Waals surface area contributed by atoms with Gasteiger partial charge in [0.15, 0.2) is 0 Å². The average Bonchev–Trinajstić information content (AvgIpc) is 2.89. The summed E-state index contributed by atoms with van der Waals surface area (Å²) in [6, 6.07) is 5.83. The minimum atomic E-state index is -1.35. The van der Waals surface area contributed by atoms with E-state index in [-0.39, 0.29) is 30.1 Å². The van der Waals surface area contributed by atoms with Gasteiger partial charge in [0.25, 0.3) is 6.04 Å². The Morgan fingerprint density at radius 1 is 1.38 bits per heavy atom. The van der Waals surface area contributed by atoms with E-state index in [0.717, 1.165) is 5.56 Å². The maximum atomic E-state index is 12.8. The van der Waals surface area contributed by atoms with E-state index in [1.807, 2.05) is 0 Å². The second-order valence-electron chi connectivity index (χ2n) is 6.89. The van der Waals surface area contributed by atoms with Crippen LogP contribution in [0.25, 0.3) is 0 Å². The molecule has 0 aromatic heterocycles. The molecule has 26 heavy (non-hydrogen) atoms. The van der Waals surface area contributed by atoms with Crippen molar-refractivity contribution in [2.45, 2.75) is 44.2 Å². The van der Waals surface area contributed by atoms with Gasteiger partial charge in [-0.3, -0.25) is 19.7 Å². The van der Waals surface area contributed by atoms with E-state index in [1.165, 1.54) is 13.8 Å². The van der Waals surface area contributed by atoms with Gasteiger partial charge in [0.05, 0.1) is 19.4 Å². The van der Waals surface area contributed by atoms with Crippen LogP contribution in [0.2, 0.25) is 0 Å². The van der Waals surface area contributed by atoms with E-state index in [2.05, 4.69) is 5.16 Å². The highest BCUT2D eigenvalue weighted by atomic mass is 16.7. The van der Waals surface area contributed by atoms with E-state index in [4.69, 9.17) is 9.57 Å². The zero-order valence-corrected chi connectivity index (χ0v) is 14.8. The number of carbonyl (C=O) groups is 2. The normalized spacial score (nSPS) is 30.7. The van der Waals surface area contributed by atoms with Gasteiger partial charge in [-0.1, -0.05) is 17.3 Å². The highest BCUT2D eigenvalue weighted by Gasteiger charge is 2.62. The molecule has 1 saturated carbocycles. The maximum Gasteiger partial charge on any atom is 0.295 e. The first-order valence-corrected chi connectivity index (χ1v) is 8.32. The quantitative estimate of drug-likeness (QED) is 0.462. The lowest BCUT2D eigenvalue weighted by molar-refractivity contribution is -0.523. The van der Waals surface area contributed by atoms with Crippen LogP contribution in [0, 0.1) is 16.0 Å². The third-order valence-electron chi connectivity index (χ3n) is 5.25. The third kappa shape index (κ3) is 2.85. The number of rotatable bonds is 4. The number of hydrogen-bond donors (Lipinski definition) is 0. The second-order valence-corrected chi connectivity index (χ2v) is 6.89. The van der Waals surface area contributed by atoms with Crippen molar-refractivity contribution in [3.8, 4) is 5.75 Å². The second kappa shape index (κ2) is 6.51. The number of carbonyl (C=O) groups excluding carboxylic acids is 2. The van der Waals surface area contributed by atoms with Gasteiger partial charge in [-0.05, 0) is 31.5 Å². The molecule has 1 aliphatic carbocycles. The van der Waals surface area contributed by atoms with Gasteiger partial charge < -0.3 is 9.57 Å². The number of benzene rings is 1. The van der Waals surface area contributed by atoms with E-state index >= 15 is 0 Å². The number of Topliss-reactive ketones (excluding diaryl/α,β-unsaturated/α-hetero) is 2. The van der Waals surface area contributed by atoms with Crippen molar-refractivity contribution in [3.63, 3.8) is 0 Å². The van der Waals surface area contributed by atoms with Gasteiger partial charge in [0.1, 0.15) is 23.0 Å². The third-order valence-corrected chi connectivity index (χ3v) is 5.25. The minimum absolute atomic E-state index is 0.168. The molecule has 0 saturated heterocycles. The Balaban J connectivity index is 2.02. The SMILES string of the molecule is COc1ccc([C@@H]2C[C@]3(CC(=O)[C@H]2C(C)=O)ON=C(C)[C@@H]3[N+](=O)[O-])cc1. The van der Waals surface area contributed by atoms with Crippen LogP contribution in [0.15, 0.2) is 29.4 Å². The molecule has 1 spiro atoms. The lowest BCUT2D eigenvalue weighted by Gasteiger charge is -2.39. The Bertz CT molecular complexity index is 787. The largest absolute Gasteiger partial charge is 0.497 e. The molecule has 2 aliphatic rings. The topological polar surface area (TPSA) is 108 Å². The molecule has 0 N–H and O–H groups in total. The zero-order valence-electron chi connectivity index (χ0n) is 14.8. The van der Waals surface area contributed by atoms with Crippen molar-refractivity contribution in [2.75, 3.05) is 7.11 Å². The molecule has 0 radical (unpaired) electrons. The lowest BCUT2D eigenvalue weighted by atomic mass is 9.64. The molecule has 1 aromatic carbocycles. The Morgan fingerprint density at radius 2 is 2.04 bits per heavy atom. The first-order chi connectivity index (χ1) is 12.3. The van der Waals surface area contributed by atoms with E-state index in [9.17, 15) is 19.7 Å². The summed E-state index contributed by atoms with van der Waals surface area (Å²) in [6.07, 6.45) is -0.0296. The predicted octanol–water partition coefficient (Wildman–Crippen LogP) is 2.14. The first-order valence-electron chi connectivity index (χ1n) is 8.32. The molecule has 138 valence electrons. The number of nitrogens with zero attached hydrogens (tertiary/aromatic N) is 2. The molecule has 1 fully saturated rings. The van der Waals surface area contributed by atoms with Crippen LogP contribution in [-0.4, -0.2) is 41.0 Å².